The van der Waals surface area contributed by atoms with Gasteiger partial charge in [0.2, 0.25) is 0 Å². The van der Waals surface area contributed by atoms with Crippen molar-refractivity contribution in [3.8, 4) is 5.75 Å². The molecule has 1 aliphatic heterocycles. The van der Waals surface area contributed by atoms with Crippen molar-refractivity contribution < 1.29 is 41.7 Å². The summed E-state index contributed by atoms with van der Waals surface area (Å²) in [6.07, 6.45) is -0.0667. The number of unbranched alkanes of at least 4 members (excludes halogenated alkanes) is 2. The summed E-state index contributed by atoms with van der Waals surface area (Å²) >= 11 is 0. The molecular formula is C29H34F4N2O5. The minimum Gasteiger partial charge on any atom is -0.493 e. The Balaban J connectivity index is 1.40. The molecule has 0 saturated carbocycles. The Bertz CT molecular complexity index is 1260. The van der Waals surface area contributed by atoms with Crippen LogP contribution in [-0.4, -0.2) is 73.0 Å². The van der Waals surface area contributed by atoms with E-state index < -0.39 is 36.6 Å². The highest BCUT2D eigenvalue weighted by atomic mass is 19.3. The topological polar surface area (TPSA) is 84.0 Å². The van der Waals surface area contributed by atoms with Crippen molar-refractivity contribution >= 4 is 16.9 Å². The number of hydrogen-bond acceptors (Lipinski definition) is 5. The van der Waals surface area contributed by atoms with Crippen molar-refractivity contribution in [1.82, 2.24) is 9.88 Å². The predicted octanol–water partition coefficient (Wildman–Crippen LogP) is 5.71. The quantitative estimate of drug-likeness (QED) is 0.181. The van der Waals surface area contributed by atoms with Gasteiger partial charge in [0.25, 0.3) is 6.43 Å². The maximum atomic E-state index is 15.5. The van der Waals surface area contributed by atoms with Gasteiger partial charge in [0.1, 0.15) is 24.0 Å². The zero-order chi connectivity index (χ0) is 28.6. The number of nitrogens with zero attached hydrogens (tertiary/aromatic N) is 1. The van der Waals surface area contributed by atoms with E-state index in [0.717, 1.165) is 41.4 Å². The van der Waals surface area contributed by atoms with Crippen molar-refractivity contribution in [2.45, 2.75) is 51.1 Å². The summed E-state index contributed by atoms with van der Waals surface area (Å²) in [5, 5.41) is 9.40. The number of ether oxygens (including phenoxy) is 3. The number of H-pyrrole nitrogens is 1. The van der Waals surface area contributed by atoms with Crippen LogP contribution in [0.1, 0.15) is 49.0 Å². The van der Waals surface area contributed by atoms with Gasteiger partial charge < -0.3 is 24.3 Å². The molecule has 0 bridgehead atoms. The zero-order valence-corrected chi connectivity index (χ0v) is 22.3. The average molecular weight is 567 g/mol. The number of hydrogen-bond donors (Lipinski definition) is 2. The number of fused-ring (bicyclic) bond motifs is 3. The summed E-state index contributed by atoms with van der Waals surface area (Å²) in [5.41, 5.74) is 1.93. The summed E-state index contributed by atoms with van der Waals surface area (Å²) in [7, 11) is 0. The van der Waals surface area contributed by atoms with Gasteiger partial charge in [-0.15, -0.1) is 0 Å². The lowest BCUT2D eigenvalue weighted by Crippen LogP contribution is -2.45. The van der Waals surface area contributed by atoms with Gasteiger partial charge in [-0.3, -0.25) is 4.90 Å². The number of para-hydroxylation sites is 1. The minimum absolute atomic E-state index is 0.0340. The number of nitrogens with one attached hydrogen (secondary N) is 1. The molecule has 0 fully saturated rings. The number of alkyl halides is 2. The van der Waals surface area contributed by atoms with E-state index in [1.165, 1.54) is 4.90 Å². The van der Waals surface area contributed by atoms with Crippen molar-refractivity contribution in [3.63, 3.8) is 0 Å². The number of aromatic nitrogens is 1. The van der Waals surface area contributed by atoms with Crippen molar-refractivity contribution in [1.29, 1.82) is 0 Å². The Labute approximate surface area is 230 Å². The van der Waals surface area contributed by atoms with Crippen LogP contribution in [0.4, 0.5) is 17.6 Å². The molecule has 7 nitrogen and oxygen atoms in total. The van der Waals surface area contributed by atoms with Crippen LogP contribution in [-0.2, 0) is 20.7 Å². The Kier molecular flexibility index (Phi) is 10.4. The van der Waals surface area contributed by atoms with E-state index in [9.17, 15) is 13.6 Å². The van der Waals surface area contributed by atoms with Crippen LogP contribution in [0.15, 0.2) is 36.4 Å². The summed E-state index contributed by atoms with van der Waals surface area (Å²) in [5.74, 6) is -2.70. The molecule has 4 rings (SSSR count). The van der Waals surface area contributed by atoms with Crippen LogP contribution in [0.25, 0.3) is 10.9 Å². The SMILES string of the molecule is C[C@@H]1Cc2c([nH]c3ccccc23)[C@@H](c2c(F)cc(OCCCCCOCCOCC(=O)O)cc2F)N1CC(F)F. The molecule has 2 aromatic carbocycles. The summed E-state index contributed by atoms with van der Waals surface area (Å²) < 4.78 is 74.0. The van der Waals surface area contributed by atoms with Crippen LogP contribution in [0, 0.1) is 11.6 Å². The summed E-state index contributed by atoms with van der Waals surface area (Å²) in [4.78, 5) is 15.1. The maximum absolute atomic E-state index is 15.5. The highest BCUT2D eigenvalue weighted by Gasteiger charge is 2.39. The van der Waals surface area contributed by atoms with Crippen molar-refractivity contribution in [2.75, 3.05) is 39.6 Å². The number of carbonyl (C=O) groups is 1. The zero-order valence-electron chi connectivity index (χ0n) is 22.3. The minimum atomic E-state index is -2.67. The first-order valence-corrected chi connectivity index (χ1v) is 13.4. The third-order valence-electron chi connectivity index (χ3n) is 6.99. The Hall–Kier alpha value is -3.15. The van der Waals surface area contributed by atoms with Gasteiger partial charge in [0.05, 0.1) is 32.4 Å². The Morgan fingerprint density at radius 2 is 1.75 bits per heavy atom. The predicted molar refractivity (Wildman–Crippen MR) is 141 cm³/mol. The lowest BCUT2D eigenvalue weighted by atomic mass is 9.88. The van der Waals surface area contributed by atoms with E-state index in [4.69, 9.17) is 19.3 Å². The van der Waals surface area contributed by atoms with Crippen molar-refractivity contribution in [2.24, 2.45) is 0 Å². The van der Waals surface area contributed by atoms with E-state index in [2.05, 4.69) is 4.98 Å². The molecule has 2 heterocycles. The standard InChI is InChI=1S/C29H34F4N2O5/c1-18-13-21-20-7-3-4-8-24(20)34-28(21)29(35(18)16-25(32)33)27-22(30)14-19(15-23(27)31)40-10-6-2-5-9-38-11-12-39-17-26(36)37/h3-4,7-8,14-15,18,25,29,34H,2,5-6,9-13,16-17H2,1H3,(H,36,37)/t18-,29-/m1/s1. The van der Waals surface area contributed by atoms with Gasteiger partial charge in [-0.1, -0.05) is 18.2 Å². The average Bonchev–Trinajstić information content (AvgIpc) is 3.26. The molecule has 1 aromatic heterocycles. The number of carboxylic acid groups (broad SMARTS) is 1. The molecule has 11 heteroatoms. The van der Waals surface area contributed by atoms with Gasteiger partial charge in [-0.05, 0) is 44.2 Å². The normalized spacial score (nSPS) is 17.4. The van der Waals surface area contributed by atoms with Gasteiger partial charge in [-0.25, -0.2) is 22.4 Å². The maximum Gasteiger partial charge on any atom is 0.329 e. The number of benzene rings is 2. The smallest absolute Gasteiger partial charge is 0.329 e. The molecule has 2 atom stereocenters. The van der Waals surface area contributed by atoms with Crippen LogP contribution < -0.4 is 4.74 Å². The molecule has 3 aromatic rings. The van der Waals surface area contributed by atoms with Gasteiger partial charge in [-0.2, -0.15) is 0 Å². The van der Waals surface area contributed by atoms with Gasteiger partial charge in [0, 0.05) is 46.9 Å². The first-order chi connectivity index (χ1) is 19.3. The number of aliphatic carboxylic acids is 1. The third kappa shape index (κ3) is 7.32. The third-order valence-corrected chi connectivity index (χ3v) is 6.99. The summed E-state index contributed by atoms with van der Waals surface area (Å²) in [6.45, 7) is 2.03. The second-order valence-electron chi connectivity index (χ2n) is 9.87. The molecule has 2 N–H and O–H groups in total. The molecule has 0 saturated heterocycles. The lowest BCUT2D eigenvalue weighted by molar-refractivity contribution is -0.142. The van der Waals surface area contributed by atoms with E-state index in [1.54, 1.807) is 6.92 Å². The fourth-order valence-corrected chi connectivity index (χ4v) is 5.22. The monoisotopic (exact) mass is 566 g/mol. The van der Waals surface area contributed by atoms with Gasteiger partial charge in [0.15, 0.2) is 0 Å². The van der Waals surface area contributed by atoms with Crippen LogP contribution >= 0.6 is 0 Å². The molecule has 0 amide bonds. The van der Waals surface area contributed by atoms with E-state index in [-0.39, 0.29) is 37.2 Å². The molecule has 0 aliphatic carbocycles. The highest BCUT2D eigenvalue weighted by Crippen LogP contribution is 2.43. The second kappa shape index (κ2) is 14.0. The van der Waals surface area contributed by atoms with Crippen LogP contribution in [0.2, 0.25) is 0 Å². The molecule has 0 spiro atoms. The Morgan fingerprint density at radius 1 is 1.05 bits per heavy atom. The van der Waals surface area contributed by atoms with E-state index in [0.29, 0.717) is 31.7 Å². The molecular weight excluding hydrogens is 532 g/mol. The lowest BCUT2D eigenvalue weighted by Gasteiger charge is -2.40. The van der Waals surface area contributed by atoms with Crippen LogP contribution in [0.3, 0.4) is 0 Å². The molecule has 218 valence electrons. The second-order valence-corrected chi connectivity index (χ2v) is 9.87. The van der Waals surface area contributed by atoms with Crippen molar-refractivity contribution in [3.05, 3.63) is 64.9 Å². The Morgan fingerprint density at radius 3 is 2.48 bits per heavy atom. The number of rotatable bonds is 15. The first kappa shape index (κ1) is 29.8. The highest BCUT2D eigenvalue weighted by molar-refractivity contribution is 5.85. The summed E-state index contributed by atoms with van der Waals surface area (Å²) in [6, 6.07) is 8.33. The fraction of sp³-hybridized carbons (Fsp3) is 0.483. The molecule has 40 heavy (non-hydrogen) atoms. The number of aromatic amines is 1. The molecule has 0 unspecified atom stereocenters. The van der Waals surface area contributed by atoms with E-state index >= 15 is 8.78 Å². The first-order valence-electron chi connectivity index (χ1n) is 13.4. The van der Waals surface area contributed by atoms with Crippen LogP contribution in [0.5, 0.6) is 5.75 Å². The molecule has 0 radical (unpaired) electrons. The molecule has 1 aliphatic rings. The number of carboxylic acids is 1. The largest absolute Gasteiger partial charge is 0.493 e. The van der Waals surface area contributed by atoms with E-state index in [1.807, 2.05) is 24.3 Å². The number of halogens is 4. The fourth-order valence-electron chi connectivity index (χ4n) is 5.22. The van der Waals surface area contributed by atoms with Gasteiger partial charge >= 0.3 is 5.97 Å².